The number of amides is 1. The first-order valence-corrected chi connectivity index (χ1v) is 7.11. The Morgan fingerprint density at radius 2 is 2.14 bits per heavy atom. The third-order valence-corrected chi connectivity index (χ3v) is 3.61. The summed E-state index contributed by atoms with van der Waals surface area (Å²) >= 11 is 0. The van der Waals surface area contributed by atoms with Crippen molar-refractivity contribution < 1.29 is 9.18 Å². The fourth-order valence-electron chi connectivity index (χ4n) is 2.19. The van der Waals surface area contributed by atoms with Crippen molar-refractivity contribution in [2.24, 2.45) is 17.6 Å². The normalized spacial score (nSPS) is 12.0. The molecule has 1 amide bonds. The van der Waals surface area contributed by atoms with E-state index in [1.54, 1.807) is 17.0 Å². The van der Waals surface area contributed by atoms with Crippen LogP contribution in [0.15, 0.2) is 18.2 Å². The summed E-state index contributed by atoms with van der Waals surface area (Å²) in [6.45, 7) is 6.71. The maximum absolute atomic E-state index is 13.9. The minimum Gasteiger partial charge on any atom is -0.338 e. The molecule has 0 saturated carbocycles. The van der Waals surface area contributed by atoms with Crippen LogP contribution in [0.3, 0.4) is 0 Å². The van der Waals surface area contributed by atoms with E-state index in [9.17, 15) is 9.18 Å². The molecule has 0 heterocycles. The predicted octanol–water partition coefficient (Wildman–Crippen LogP) is 2.28. The van der Waals surface area contributed by atoms with Crippen LogP contribution in [-0.2, 0) is 11.3 Å². The van der Waals surface area contributed by atoms with E-state index in [0.29, 0.717) is 12.1 Å². The van der Waals surface area contributed by atoms with Gasteiger partial charge in [0.1, 0.15) is 5.82 Å². The zero-order valence-electron chi connectivity index (χ0n) is 12.8. The van der Waals surface area contributed by atoms with Crippen molar-refractivity contribution in [3.05, 3.63) is 35.1 Å². The Morgan fingerprint density at radius 3 is 2.57 bits per heavy atom. The van der Waals surface area contributed by atoms with E-state index in [4.69, 9.17) is 11.0 Å². The van der Waals surface area contributed by atoms with Crippen LogP contribution in [0.5, 0.6) is 0 Å². The summed E-state index contributed by atoms with van der Waals surface area (Å²) in [4.78, 5) is 14.1. The first kappa shape index (κ1) is 17.1. The van der Waals surface area contributed by atoms with Crippen molar-refractivity contribution in [2.75, 3.05) is 13.1 Å². The molecule has 1 aromatic rings. The third-order valence-electron chi connectivity index (χ3n) is 3.61. The molecule has 2 N–H and O–H groups in total. The maximum atomic E-state index is 13.9. The number of nitrogens with two attached hydrogens (primary N) is 1. The van der Waals surface area contributed by atoms with E-state index in [1.807, 2.05) is 26.8 Å². The largest absolute Gasteiger partial charge is 0.338 e. The first-order valence-electron chi connectivity index (χ1n) is 7.11. The average molecular weight is 291 g/mol. The van der Waals surface area contributed by atoms with Crippen LogP contribution < -0.4 is 5.73 Å². The van der Waals surface area contributed by atoms with Crippen LogP contribution >= 0.6 is 0 Å². The number of carbonyl (C=O) groups excluding carboxylic acids is 1. The molecule has 1 atom stereocenters. The van der Waals surface area contributed by atoms with Gasteiger partial charge in [-0.1, -0.05) is 19.9 Å². The zero-order valence-corrected chi connectivity index (χ0v) is 12.8. The van der Waals surface area contributed by atoms with Crippen molar-refractivity contribution in [3.8, 4) is 6.07 Å². The molecule has 0 saturated heterocycles. The lowest BCUT2D eigenvalue weighted by atomic mass is 9.94. The summed E-state index contributed by atoms with van der Waals surface area (Å²) in [5, 5.41) is 8.74. The van der Waals surface area contributed by atoms with Crippen LogP contribution in [0.1, 0.15) is 31.9 Å². The lowest BCUT2D eigenvalue weighted by Gasteiger charge is -2.28. The number of nitrogens with zero attached hydrogens (tertiary/aromatic N) is 2. The van der Waals surface area contributed by atoms with Crippen LogP contribution in [-0.4, -0.2) is 23.9 Å². The lowest BCUT2D eigenvalue weighted by molar-refractivity contribution is -0.137. The Morgan fingerprint density at radius 1 is 1.48 bits per heavy atom. The van der Waals surface area contributed by atoms with E-state index < -0.39 is 5.82 Å². The van der Waals surface area contributed by atoms with Crippen molar-refractivity contribution in [1.29, 1.82) is 5.26 Å². The van der Waals surface area contributed by atoms with E-state index in [2.05, 4.69) is 0 Å². The minimum absolute atomic E-state index is 0.0567. The minimum atomic E-state index is -0.464. The Balaban J connectivity index is 2.92. The van der Waals surface area contributed by atoms with Crippen LogP contribution in [0.4, 0.5) is 4.39 Å². The quantitative estimate of drug-likeness (QED) is 0.874. The monoisotopic (exact) mass is 291 g/mol. The van der Waals surface area contributed by atoms with Gasteiger partial charge in [0.2, 0.25) is 5.91 Å². The molecule has 0 aliphatic heterocycles. The Kier molecular flexibility index (Phi) is 6.32. The first-order chi connectivity index (χ1) is 9.94. The van der Waals surface area contributed by atoms with Gasteiger partial charge in [-0.05, 0) is 25.0 Å². The number of hydrogen-bond donors (Lipinski definition) is 1. The molecule has 1 rings (SSSR count). The van der Waals surface area contributed by atoms with Gasteiger partial charge in [0.15, 0.2) is 0 Å². The highest BCUT2D eigenvalue weighted by Gasteiger charge is 2.25. The van der Waals surface area contributed by atoms with Gasteiger partial charge >= 0.3 is 0 Å². The van der Waals surface area contributed by atoms with Gasteiger partial charge in [-0.3, -0.25) is 4.79 Å². The molecule has 1 aromatic carbocycles. The summed E-state index contributed by atoms with van der Waals surface area (Å²) in [5.41, 5.74) is 6.35. The molecule has 0 fully saturated rings. The molecule has 0 aromatic heterocycles. The predicted molar refractivity (Wildman–Crippen MR) is 79.6 cm³/mol. The second kappa shape index (κ2) is 7.75. The van der Waals surface area contributed by atoms with Crippen molar-refractivity contribution >= 4 is 5.91 Å². The molecule has 0 spiro atoms. The van der Waals surface area contributed by atoms with E-state index in [0.717, 1.165) is 0 Å². The molecule has 0 aliphatic rings. The second-order valence-corrected chi connectivity index (χ2v) is 5.36. The van der Waals surface area contributed by atoms with Gasteiger partial charge in [-0.25, -0.2) is 4.39 Å². The number of halogens is 1. The van der Waals surface area contributed by atoms with E-state index in [1.165, 1.54) is 6.07 Å². The Labute approximate surface area is 125 Å². The number of hydrogen-bond acceptors (Lipinski definition) is 3. The Hall–Kier alpha value is -1.93. The van der Waals surface area contributed by atoms with Crippen molar-refractivity contribution in [1.82, 2.24) is 4.90 Å². The van der Waals surface area contributed by atoms with Gasteiger partial charge < -0.3 is 10.6 Å². The molecule has 1 unspecified atom stereocenters. The maximum Gasteiger partial charge on any atom is 0.227 e. The topological polar surface area (TPSA) is 70.1 Å². The second-order valence-electron chi connectivity index (χ2n) is 5.36. The van der Waals surface area contributed by atoms with Crippen molar-refractivity contribution in [3.63, 3.8) is 0 Å². The highest BCUT2D eigenvalue weighted by atomic mass is 19.1. The molecule has 4 nitrogen and oxygen atoms in total. The average Bonchev–Trinajstić information content (AvgIpc) is 2.46. The highest BCUT2D eigenvalue weighted by Crippen LogP contribution is 2.17. The van der Waals surface area contributed by atoms with Gasteiger partial charge in [-0.2, -0.15) is 5.26 Å². The van der Waals surface area contributed by atoms with Crippen molar-refractivity contribution in [2.45, 2.75) is 27.3 Å². The molecule has 5 heteroatoms. The van der Waals surface area contributed by atoms with Crippen LogP contribution in [0.25, 0.3) is 0 Å². The number of rotatable bonds is 6. The lowest BCUT2D eigenvalue weighted by Crippen LogP contribution is -2.41. The summed E-state index contributed by atoms with van der Waals surface area (Å²) in [6, 6.07) is 6.19. The molecule has 21 heavy (non-hydrogen) atoms. The molecular formula is C16H22FN3O. The van der Waals surface area contributed by atoms with Gasteiger partial charge in [0.25, 0.3) is 0 Å². The van der Waals surface area contributed by atoms with E-state index in [-0.39, 0.29) is 36.4 Å². The standard InChI is InChI=1S/C16H22FN3O/c1-4-20(16(21)14(9-19)11(2)3)10-13-6-5-12(8-18)7-15(13)17/h5-7,11,14H,4,9-10,19H2,1-3H3. The molecule has 114 valence electrons. The molecular weight excluding hydrogens is 269 g/mol. The summed E-state index contributed by atoms with van der Waals surface area (Å²) in [5.74, 6) is -0.637. The summed E-state index contributed by atoms with van der Waals surface area (Å²) in [6.07, 6.45) is 0. The highest BCUT2D eigenvalue weighted by molar-refractivity contribution is 5.79. The fraction of sp³-hybridized carbons (Fsp3) is 0.500. The number of nitriles is 1. The fourth-order valence-corrected chi connectivity index (χ4v) is 2.19. The molecule has 0 bridgehead atoms. The number of carbonyl (C=O) groups is 1. The van der Waals surface area contributed by atoms with Gasteiger partial charge in [0, 0.05) is 25.2 Å². The van der Waals surface area contributed by atoms with Crippen LogP contribution in [0.2, 0.25) is 0 Å². The molecule has 0 aliphatic carbocycles. The van der Waals surface area contributed by atoms with Gasteiger partial charge in [-0.15, -0.1) is 0 Å². The smallest absolute Gasteiger partial charge is 0.227 e. The third kappa shape index (κ3) is 4.27. The molecule has 0 radical (unpaired) electrons. The van der Waals surface area contributed by atoms with Crippen LogP contribution in [0, 0.1) is 29.0 Å². The SMILES string of the molecule is CCN(Cc1ccc(C#N)cc1F)C(=O)C(CN)C(C)C. The Bertz CT molecular complexity index is 537. The summed E-state index contributed by atoms with van der Waals surface area (Å²) < 4.78 is 13.9. The van der Waals surface area contributed by atoms with E-state index >= 15 is 0 Å². The summed E-state index contributed by atoms with van der Waals surface area (Å²) in [7, 11) is 0. The number of benzene rings is 1. The van der Waals surface area contributed by atoms with Gasteiger partial charge in [0.05, 0.1) is 17.6 Å². The zero-order chi connectivity index (χ0) is 16.0.